The highest BCUT2D eigenvalue weighted by Crippen LogP contribution is 2.43. The number of benzene rings is 1. The van der Waals surface area contributed by atoms with E-state index in [4.69, 9.17) is 23.7 Å². The summed E-state index contributed by atoms with van der Waals surface area (Å²) in [5, 5.41) is 10.0. The van der Waals surface area contributed by atoms with Crippen LogP contribution in [0.2, 0.25) is 0 Å². The maximum Gasteiger partial charge on any atom is 0.231 e. The lowest BCUT2D eigenvalue weighted by molar-refractivity contribution is -0.182. The van der Waals surface area contributed by atoms with Gasteiger partial charge >= 0.3 is 0 Å². The van der Waals surface area contributed by atoms with Crippen molar-refractivity contribution in [1.29, 1.82) is 0 Å². The van der Waals surface area contributed by atoms with Crippen LogP contribution >= 0.6 is 0 Å². The molecule has 0 aromatic heterocycles. The van der Waals surface area contributed by atoms with Gasteiger partial charge in [0.1, 0.15) is 6.10 Å². The van der Waals surface area contributed by atoms with E-state index < -0.39 is 0 Å². The molecule has 6 heteroatoms. The maximum absolute atomic E-state index is 10.0. The quantitative estimate of drug-likeness (QED) is 0.798. The molecule has 1 aromatic carbocycles. The van der Waals surface area contributed by atoms with Gasteiger partial charge in [-0.25, -0.2) is 0 Å². The second-order valence-corrected chi connectivity index (χ2v) is 8.20. The monoisotopic (exact) mass is 388 g/mol. The van der Waals surface area contributed by atoms with Crippen molar-refractivity contribution < 1.29 is 28.8 Å². The molecule has 0 amide bonds. The molecule has 1 N–H and O–H groups in total. The van der Waals surface area contributed by atoms with Crippen LogP contribution in [0.25, 0.3) is 0 Å². The third-order valence-corrected chi connectivity index (χ3v) is 6.41. The Hall–Kier alpha value is -1.60. The van der Waals surface area contributed by atoms with E-state index >= 15 is 0 Å². The second kappa shape index (κ2) is 7.67. The number of rotatable bonds is 4. The first-order valence-corrected chi connectivity index (χ1v) is 10.4. The summed E-state index contributed by atoms with van der Waals surface area (Å²) >= 11 is 0. The molecule has 3 fully saturated rings. The third-order valence-electron chi connectivity index (χ3n) is 6.41. The molecule has 152 valence electrons. The summed E-state index contributed by atoms with van der Waals surface area (Å²) in [5.74, 6) is 1.29. The zero-order chi connectivity index (χ0) is 19.0. The van der Waals surface area contributed by atoms with Crippen molar-refractivity contribution in [3.8, 4) is 11.5 Å². The Kier molecular flexibility index (Phi) is 5.05. The van der Waals surface area contributed by atoms with Gasteiger partial charge in [0.25, 0.3) is 0 Å². The standard InChI is InChI=1S/C22H28O6/c23-11-18-16(4-6-17-13-27-22(28-17)8-2-1-3-9-22)12-24-21(18)15-5-7-19-20(10-15)26-14-25-19/h4-7,10,16-18,21,23H,1-3,8-9,11-14H2/b6-4+/t16-,17+,18+,21+/m0/s1. The Morgan fingerprint density at radius 2 is 1.89 bits per heavy atom. The van der Waals surface area contributed by atoms with Crippen LogP contribution < -0.4 is 9.47 Å². The number of hydrogen-bond donors (Lipinski definition) is 1. The number of hydrogen-bond acceptors (Lipinski definition) is 6. The van der Waals surface area contributed by atoms with E-state index in [0.29, 0.717) is 13.2 Å². The second-order valence-electron chi connectivity index (χ2n) is 8.20. The molecule has 6 nitrogen and oxygen atoms in total. The number of aliphatic hydroxyl groups excluding tert-OH is 1. The van der Waals surface area contributed by atoms with Crippen molar-refractivity contribution >= 4 is 0 Å². The Balaban J connectivity index is 1.24. The summed E-state index contributed by atoms with van der Waals surface area (Å²) in [6, 6.07) is 5.86. The summed E-state index contributed by atoms with van der Waals surface area (Å²) in [7, 11) is 0. The fraction of sp³-hybridized carbons (Fsp3) is 0.636. The molecule has 5 rings (SSSR count). The lowest BCUT2D eigenvalue weighted by atomic mass is 9.87. The topological polar surface area (TPSA) is 66.4 Å². The predicted octanol–water partition coefficient (Wildman–Crippen LogP) is 3.34. The van der Waals surface area contributed by atoms with Gasteiger partial charge < -0.3 is 28.8 Å². The minimum absolute atomic E-state index is 0.00239. The van der Waals surface area contributed by atoms with Gasteiger partial charge in [0.05, 0.1) is 19.3 Å². The summed E-state index contributed by atoms with van der Waals surface area (Å²) in [6.45, 7) is 1.52. The lowest BCUT2D eigenvalue weighted by Crippen LogP contribution is -2.33. The molecule has 0 radical (unpaired) electrons. The zero-order valence-corrected chi connectivity index (χ0v) is 16.0. The molecular formula is C22H28O6. The van der Waals surface area contributed by atoms with Crippen LogP contribution in [0.5, 0.6) is 11.5 Å². The van der Waals surface area contributed by atoms with Crippen LogP contribution in [-0.2, 0) is 14.2 Å². The zero-order valence-electron chi connectivity index (χ0n) is 16.0. The van der Waals surface area contributed by atoms with Gasteiger partial charge in [0, 0.05) is 31.3 Å². The molecule has 1 spiro atoms. The van der Waals surface area contributed by atoms with Crippen LogP contribution in [0.15, 0.2) is 30.4 Å². The Morgan fingerprint density at radius 1 is 1.04 bits per heavy atom. The smallest absolute Gasteiger partial charge is 0.231 e. The van der Waals surface area contributed by atoms with Gasteiger partial charge in [-0.1, -0.05) is 24.6 Å². The van der Waals surface area contributed by atoms with E-state index in [1.807, 2.05) is 18.2 Å². The minimum atomic E-state index is -0.356. The van der Waals surface area contributed by atoms with Gasteiger partial charge in [0.15, 0.2) is 17.3 Å². The molecule has 3 heterocycles. The SMILES string of the molecule is OC[C@H]1[C@@H](c2ccc3c(c2)OCO3)OC[C@@H]1/C=C/[C@@H]1COC2(CCCCC2)O1. The molecular weight excluding hydrogens is 360 g/mol. The van der Waals surface area contributed by atoms with Crippen LogP contribution in [0.4, 0.5) is 0 Å². The van der Waals surface area contributed by atoms with Crippen molar-refractivity contribution in [2.24, 2.45) is 11.8 Å². The largest absolute Gasteiger partial charge is 0.454 e. The summed E-state index contributed by atoms with van der Waals surface area (Å²) in [6.07, 6.45) is 9.69. The average Bonchev–Trinajstić information content (AvgIpc) is 3.44. The van der Waals surface area contributed by atoms with E-state index in [0.717, 1.165) is 29.9 Å². The van der Waals surface area contributed by atoms with Gasteiger partial charge in [-0.3, -0.25) is 0 Å². The molecule has 1 aromatic rings. The van der Waals surface area contributed by atoms with Crippen molar-refractivity contribution in [3.05, 3.63) is 35.9 Å². The van der Waals surface area contributed by atoms with Crippen molar-refractivity contribution in [3.63, 3.8) is 0 Å². The summed E-state index contributed by atoms with van der Waals surface area (Å²) in [4.78, 5) is 0. The van der Waals surface area contributed by atoms with Gasteiger partial charge in [-0.2, -0.15) is 0 Å². The molecule has 2 saturated heterocycles. The Labute approximate surface area is 165 Å². The van der Waals surface area contributed by atoms with Gasteiger partial charge in [-0.05, 0) is 30.5 Å². The van der Waals surface area contributed by atoms with E-state index in [-0.39, 0.29) is 43.2 Å². The van der Waals surface area contributed by atoms with Gasteiger partial charge in [-0.15, -0.1) is 0 Å². The third kappa shape index (κ3) is 3.43. The maximum atomic E-state index is 10.0. The van der Waals surface area contributed by atoms with Gasteiger partial charge in [0.2, 0.25) is 6.79 Å². The number of ether oxygens (including phenoxy) is 5. The van der Waals surface area contributed by atoms with Crippen molar-refractivity contribution in [2.75, 3.05) is 26.6 Å². The fourth-order valence-corrected chi connectivity index (χ4v) is 4.84. The highest BCUT2D eigenvalue weighted by atomic mass is 16.7. The molecule has 1 aliphatic carbocycles. The summed E-state index contributed by atoms with van der Waals surface area (Å²) in [5.41, 5.74) is 1.01. The van der Waals surface area contributed by atoms with E-state index in [1.165, 1.54) is 19.3 Å². The molecule has 0 bridgehead atoms. The van der Waals surface area contributed by atoms with Crippen LogP contribution in [0.1, 0.15) is 43.8 Å². The van der Waals surface area contributed by atoms with Crippen LogP contribution in [0.3, 0.4) is 0 Å². The highest BCUT2D eigenvalue weighted by Gasteiger charge is 2.42. The molecule has 4 aliphatic rings. The lowest BCUT2D eigenvalue weighted by Gasteiger charge is -2.31. The first-order chi connectivity index (χ1) is 13.8. The van der Waals surface area contributed by atoms with Crippen molar-refractivity contribution in [1.82, 2.24) is 0 Å². The average molecular weight is 388 g/mol. The number of fused-ring (bicyclic) bond motifs is 1. The Bertz CT molecular complexity index is 726. The fourth-order valence-electron chi connectivity index (χ4n) is 4.84. The Morgan fingerprint density at radius 3 is 2.75 bits per heavy atom. The van der Waals surface area contributed by atoms with Crippen LogP contribution in [-0.4, -0.2) is 43.6 Å². The minimum Gasteiger partial charge on any atom is -0.454 e. The number of aliphatic hydroxyl groups is 1. The predicted molar refractivity (Wildman–Crippen MR) is 101 cm³/mol. The molecule has 1 saturated carbocycles. The van der Waals surface area contributed by atoms with E-state index in [2.05, 4.69) is 12.2 Å². The van der Waals surface area contributed by atoms with Crippen LogP contribution in [0, 0.1) is 11.8 Å². The van der Waals surface area contributed by atoms with Crippen molar-refractivity contribution in [2.45, 2.75) is 50.1 Å². The summed E-state index contributed by atoms with van der Waals surface area (Å²) < 4.78 is 29.2. The first kappa shape index (κ1) is 18.4. The molecule has 28 heavy (non-hydrogen) atoms. The molecule has 0 unspecified atom stereocenters. The first-order valence-electron chi connectivity index (χ1n) is 10.4. The molecule has 4 atom stereocenters. The van der Waals surface area contributed by atoms with E-state index in [1.54, 1.807) is 0 Å². The normalized spacial score (nSPS) is 33.9. The van der Waals surface area contributed by atoms with E-state index in [9.17, 15) is 5.11 Å². The molecule has 3 aliphatic heterocycles. The highest BCUT2D eigenvalue weighted by molar-refractivity contribution is 5.45.